The summed E-state index contributed by atoms with van der Waals surface area (Å²) in [6.07, 6.45) is -1.84. The Morgan fingerprint density at radius 1 is 1.08 bits per heavy atom. The van der Waals surface area contributed by atoms with Crippen molar-refractivity contribution in [1.29, 1.82) is 0 Å². The molecular weight excluding hydrogens is 518 g/mol. The first-order valence-electron chi connectivity index (χ1n) is 10.4. The molecule has 0 aliphatic heterocycles. The second-order valence-electron chi connectivity index (χ2n) is 7.88. The van der Waals surface area contributed by atoms with Gasteiger partial charge < -0.3 is 19.8 Å². The van der Waals surface area contributed by atoms with E-state index in [1.165, 1.54) is 45.5 Å². The van der Waals surface area contributed by atoms with Gasteiger partial charge in [-0.25, -0.2) is 17.2 Å². The zero-order valence-corrected chi connectivity index (χ0v) is 21.0. The van der Waals surface area contributed by atoms with Crippen LogP contribution >= 0.6 is 11.6 Å². The van der Waals surface area contributed by atoms with Gasteiger partial charge in [-0.05, 0) is 36.4 Å². The lowest BCUT2D eigenvalue weighted by Gasteiger charge is -2.29. The average Bonchev–Trinajstić information content (AvgIpc) is 2.83. The van der Waals surface area contributed by atoms with Gasteiger partial charge in [0.25, 0.3) is 10.0 Å². The molecule has 0 fully saturated rings. The van der Waals surface area contributed by atoms with Crippen LogP contribution in [0.4, 0.5) is 14.5 Å². The number of phenolic OH excluding ortho intramolecular Hbond substituents is 1. The van der Waals surface area contributed by atoms with E-state index in [2.05, 4.69) is 0 Å². The van der Waals surface area contributed by atoms with E-state index >= 15 is 0 Å². The predicted molar refractivity (Wildman–Crippen MR) is 130 cm³/mol. The van der Waals surface area contributed by atoms with E-state index < -0.39 is 45.8 Å². The highest BCUT2D eigenvalue weighted by Crippen LogP contribution is 2.38. The van der Waals surface area contributed by atoms with Crippen LogP contribution in [0.2, 0.25) is 5.02 Å². The number of amides is 1. The Morgan fingerprint density at radius 3 is 2.42 bits per heavy atom. The van der Waals surface area contributed by atoms with Crippen LogP contribution in [0, 0.1) is 11.6 Å². The monoisotopic (exact) mass is 540 g/mol. The van der Waals surface area contributed by atoms with Gasteiger partial charge in [0.1, 0.15) is 12.6 Å². The van der Waals surface area contributed by atoms with E-state index in [0.29, 0.717) is 4.31 Å². The summed E-state index contributed by atoms with van der Waals surface area (Å²) in [6, 6.07) is 10.3. The molecule has 0 bridgehead atoms. The average molecular weight is 541 g/mol. The normalized spacial score (nSPS) is 12.2. The molecule has 0 aliphatic rings. The zero-order valence-electron chi connectivity index (χ0n) is 19.4. The van der Waals surface area contributed by atoms with Crippen LogP contribution in [0.1, 0.15) is 17.2 Å². The van der Waals surface area contributed by atoms with Crippen molar-refractivity contribution in [1.82, 2.24) is 4.90 Å². The Kier molecular flexibility index (Phi) is 8.07. The summed E-state index contributed by atoms with van der Waals surface area (Å²) < 4.78 is 61.6. The first-order chi connectivity index (χ1) is 16.9. The van der Waals surface area contributed by atoms with Crippen LogP contribution in [-0.4, -0.2) is 57.2 Å². The number of rotatable bonds is 8. The summed E-state index contributed by atoms with van der Waals surface area (Å²) >= 11 is 6.10. The number of hydrogen-bond acceptors (Lipinski definition) is 6. The molecule has 3 rings (SSSR count). The molecule has 192 valence electrons. The van der Waals surface area contributed by atoms with Gasteiger partial charge in [-0.1, -0.05) is 23.7 Å². The molecule has 0 aromatic heterocycles. The fraction of sp³-hybridized carbons (Fsp3) is 0.208. The van der Waals surface area contributed by atoms with Crippen LogP contribution < -0.4 is 9.04 Å². The van der Waals surface area contributed by atoms with E-state index in [9.17, 15) is 32.2 Å². The van der Waals surface area contributed by atoms with Crippen molar-refractivity contribution in [3.8, 4) is 11.5 Å². The number of likely N-dealkylation sites (N-methyl/N-ethyl adjacent to an activating group) is 1. The summed E-state index contributed by atoms with van der Waals surface area (Å²) in [4.78, 5) is 13.5. The van der Waals surface area contributed by atoms with Crippen molar-refractivity contribution in [3.63, 3.8) is 0 Å². The van der Waals surface area contributed by atoms with E-state index in [1.807, 2.05) is 0 Å². The summed E-state index contributed by atoms with van der Waals surface area (Å²) in [5.74, 6) is -3.59. The molecule has 12 heteroatoms. The Morgan fingerprint density at radius 2 is 1.78 bits per heavy atom. The van der Waals surface area contributed by atoms with E-state index in [1.54, 1.807) is 0 Å². The van der Waals surface area contributed by atoms with Crippen molar-refractivity contribution in [2.45, 2.75) is 11.0 Å². The van der Waals surface area contributed by atoms with Crippen LogP contribution in [0.5, 0.6) is 11.5 Å². The number of aliphatic hydroxyl groups excluding tert-OH is 1. The molecule has 0 spiro atoms. The highest BCUT2D eigenvalue weighted by molar-refractivity contribution is 7.92. The van der Waals surface area contributed by atoms with Gasteiger partial charge in [-0.15, -0.1) is 0 Å². The highest BCUT2D eigenvalue weighted by Gasteiger charge is 2.32. The molecule has 1 unspecified atom stereocenters. The Labute approximate surface area is 212 Å². The van der Waals surface area contributed by atoms with Crippen molar-refractivity contribution in [3.05, 3.63) is 82.4 Å². The molecular formula is C24H23ClF2N2O6S. The summed E-state index contributed by atoms with van der Waals surface area (Å²) in [5.41, 5.74) is -0.841. The maximum atomic E-state index is 14.5. The number of sulfonamides is 1. The molecule has 1 amide bonds. The molecule has 2 N–H and O–H groups in total. The predicted octanol–water partition coefficient (Wildman–Crippen LogP) is 3.70. The van der Waals surface area contributed by atoms with E-state index in [0.717, 1.165) is 35.2 Å². The largest absolute Gasteiger partial charge is 0.504 e. The molecule has 0 heterocycles. The quantitative estimate of drug-likeness (QED) is 0.451. The van der Waals surface area contributed by atoms with E-state index in [4.69, 9.17) is 16.3 Å². The number of aliphatic hydroxyl groups is 1. The number of ether oxygens (including phenoxy) is 1. The first-order valence-corrected chi connectivity index (χ1v) is 12.2. The van der Waals surface area contributed by atoms with Crippen LogP contribution in [0.3, 0.4) is 0 Å². The van der Waals surface area contributed by atoms with Crippen molar-refractivity contribution in [2.24, 2.45) is 0 Å². The number of carbonyl (C=O) groups excluding carboxylic acids is 1. The molecule has 3 aromatic rings. The number of benzene rings is 3. The van der Waals surface area contributed by atoms with Gasteiger partial charge in [0.2, 0.25) is 5.91 Å². The number of hydrogen-bond donors (Lipinski definition) is 2. The number of nitrogens with zero attached hydrogens (tertiary/aromatic N) is 2. The third kappa shape index (κ3) is 5.38. The molecule has 36 heavy (non-hydrogen) atoms. The van der Waals surface area contributed by atoms with Gasteiger partial charge in [-0.2, -0.15) is 0 Å². The molecule has 3 aromatic carbocycles. The zero-order chi connectivity index (χ0) is 26.8. The van der Waals surface area contributed by atoms with Gasteiger partial charge in [0.05, 0.1) is 17.7 Å². The third-order valence-electron chi connectivity index (χ3n) is 5.35. The summed E-state index contributed by atoms with van der Waals surface area (Å²) in [7, 11) is -0.439. The Bertz CT molecular complexity index is 1400. The van der Waals surface area contributed by atoms with Crippen LogP contribution in [0.25, 0.3) is 0 Å². The molecule has 0 saturated carbocycles. The van der Waals surface area contributed by atoms with Crippen molar-refractivity contribution in [2.75, 3.05) is 32.1 Å². The number of phenols is 1. The lowest BCUT2D eigenvalue weighted by atomic mass is 9.99. The second-order valence-corrected chi connectivity index (χ2v) is 10.2. The van der Waals surface area contributed by atoms with Crippen LogP contribution in [-0.2, 0) is 14.8 Å². The lowest BCUT2D eigenvalue weighted by Crippen LogP contribution is -2.41. The van der Waals surface area contributed by atoms with Gasteiger partial charge in [0, 0.05) is 36.3 Å². The van der Waals surface area contributed by atoms with Crippen molar-refractivity contribution < 1.29 is 36.9 Å². The minimum Gasteiger partial charge on any atom is -0.504 e. The molecule has 0 saturated heterocycles. The Hall–Kier alpha value is -3.41. The van der Waals surface area contributed by atoms with Gasteiger partial charge in [-0.3, -0.25) is 9.10 Å². The lowest BCUT2D eigenvalue weighted by molar-refractivity contribution is -0.127. The van der Waals surface area contributed by atoms with Gasteiger partial charge >= 0.3 is 0 Å². The van der Waals surface area contributed by atoms with Gasteiger partial charge in [0.15, 0.2) is 23.1 Å². The number of anilines is 1. The minimum atomic E-state index is -4.53. The first kappa shape index (κ1) is 27.2. The number of aromatic hydroxyl groups is 1. The van der Waals surface area contributed by atoms with Crippen molar-refractivity contribution >= 4 is 33.2 Å². The molecule has 8 nitrogen and oxygen atoms in total. The number of halogens is 3. The summed E-state index contributed by atoms with van der Waals surface area (Å²) in [6.45, 7) is -0.703. The minimum absolute atomic E-state index is 0.0761. The number of methoxy groups -OCH3 is 1. The fourth-order valence-corrected chi connectivity index (χ4v) is 5.02. The maximum Gasteiger partial charge on any atom is 0.264 e. The fourth-order valence-electron chi connectivity index (χ4n) is 3.38. The number of carbonyl (C=O) groups is 1. The van der Waals surface area contributed by atoms with E-state index in [-0.39, 0.29) is 32.7 Å². The van der Waals surface area contributed by atoms with Crippen LogP contribution in [0.15, 0.2) is 59.5 Å². The topological polar surface area (TPSA) is 107 Å². The smallest absolute Gasteiger partial charge is 0.264 e. The summed E-state index contributed by atoms with van der Waals surface area (Å²) in [5, 5.41) is 21.0. The molecule has 0 radical (unpaired) electrons. The second kappa shape index (κ2) is 10.7. The molecule has 1 atom stereocenters. The maximum absolute atomic E-state index is 14.5. The molecule has 0 aliphatic carbocycles. The third-order valence-corrected chi connectivity index (χ3v) is 7.34. The Balaban J connectivity index is 2.25. The SMILES string of the molecule is COc1cc(S(=O)(=O)N(CC(=O)N(C)C)c2ccc(Cl)cc2C(O)c2cccc(F)c2F)ccc1O. The highest BCUT2D eigenvalue weighted by atomic mass is 35.5. The standard InChI is InChI=1S/C24H23ClF2N2O6S/c1-28(2)22(31)13-29(36(33,34)15-8-10-20(30)21(12-15)35-3)19-9-7-14(25)11-17(19)24(32)16-5-4-6-18(26)23(16)27/h4-12,24,30,32H,13H2,1-3H3.